The van der Waals surface area contributed by atoms with Gasteiger partial charge in [-0.1, -0.05) is 30.7 Å². The molecule has 1 aromatic carbocycles. The molecule has 2 aromatic rings. The van der Waals surface area contributed by atoms with Crippen LogP contribution in [0.2, 0.25) is 0 Å². The molecule has 26 heavy (non-hydrogen) atoms. The van der Waals surface area contributed by atoms with Gasteiger partial charge in [0.05, 0.1) is 0 Å². The first-order valence-corrected chi connectivity index (χ1v) is 8.75. The third kappa shape index (κ3) is 3.20. The molecule has 6 heteroatoms. The summed E-state index contributed by atoms with van der Waals surface area (Å²) in [5.41, 5.74) is 7.38. The molecule has 1 aliphatic heterocycles. The molecular weight excluding hydrogens is 326 g/mol. The van der Waals surface area contributed by atoms with Crippen molar-refractivity contribution >= 4 is 5.82 Å². The van der Waals surface area contributed by atoms with Crippen molar-refractivity contribution in [3.8, 4) is 23.3 Å². The van der Waals surface area contributed by atoms with Crippen LogP contribution in [-0.2, 0) is 6.54 Å². The van der Waals surface area contributed by atoms with Crippen LogP contribution in [0.1, 0.15) is 42.9 Å². The predicted octanol–water partition coefficient (Wildman–Crippen LogP) is 2.74. The number of nitrogens with one attached hydrogen (secondary N) is 1. The van der Waals surface area contributed by atoms with Crippen LogP contribution in [-0.4, -0.2) is 22.5 Å². The summed E-state index contributed by atoms with van der Waals surface area (Å²) in [5.74, 6) is -0.00681. The second-order valence-corrected chi connectivity index (χ2v) is 6.69. The Balaban J connectivity index is 2.16. The molecule has 0 spiro atoms. The molecule has 1 fully saturated rings. The van der Waals surface area contributed by atoms with Crippen molar-refractivity contribution in [1.82, 2.24) is 9.88 Å². The van der Waals surface area contributed by atoms with Crippen LogP contribution in [0, 0.1) is 22.7 Å². The van der Waals surface area contributed by atoms with E-state index in [-0.39, 0.29) is 16.9 Å². The number of nitrogen functional groups attached to an aromatic ring is 1. The topological polar surface area (TPSA) is 110 Å². The highest BCUT2D eigenvalue weighted by atomic mass is 16.1. The number of aromatic amines is 1. The normalized spacial score (nSPS) is 17.4. The molecule has 1 saturated heterocycles. The summed E-state index contributed by atoms with van der Waals surface area (Å²) in [5, 5.41) is 19.0. The zero-order valence-corrected chi connectivity index (χ0v) is 14.7. The molecule has 0 aliphatic carbocycles. The summed E-state index contributed by atoms with van der Waals surface area (Å²) >= 11 is 0. The van der Waals surface area contributed by atoms with Gasteiger partial charge in [-0.2, -0.15) is 10.5 Å². The van der Waals surface area contributed by atoms with Crippen molar-refractivity contribution in [2.24, 2.45) is 0 Å². The summed E-state index contributed by atoms with van der Waals surface area (Å²) in [7, 11) is 0. The molecular formula is C20H21N5O. The highest BCUT2D eigenvalue weighted by Gasteiger charge is 2.23. The lowest BCUT2D eigenvalue weighted by Gasteiger charge is -2.34. The van der Waals surface area contributed by atoms with Crippen LogP contribution in [0.25, 0.3) is 11.1 Å². The van der Waals surface area contributed by atoms with Gasteiger partial charge in [-0.15, -0.1) is 0 Å². The molecule has 1 aromatic heterocycles. The average molecular weight is 347 g/mol. The number of rotatable bonds is 3. The minimum absolute atomic E-state index is 0.00681. The van der Waals surface area contributed by atoms with Gasteiger partial charge in [0.2, 0.25) is 0 Å². The highest BCUT2D eigenvalue weighted by Crippen LogP contribution is 2.32. The number of pyridine rings is 1. The molecule has 3 N–H and O–H groups in total. The van der Waals surface area contributed by atoms with Crippen molar-refractivity contribution in [2.75, 3.05) is 12.3 Å². The number of nitrogens with zero attached hydrogens (tertiary/aromatic N) is 3. The quantitative estimate of drug-likeness (QED) is 0.887. The predicted molar refractivity (Wildman–Crippen MR) is 100 cm³/mol. The van der Waals surface area contributed by atoms with E-state index >= 15 is 0 Å². The number of likely N-dealkylation sites (tertiary alicyclic amines) is 1. The largest absolute Gasteiger partial charge is 0.384 e. The van der Waals surface area contributed by atoms with Crippen LogP contribution in [0.5, 0.6) is 0 Å². The second kappa shape index (κ2) is 7.43. The fourth-order valence-corrected chi connectivity index (χ4v) is 3.63. The Labute approximate surface area is 152 Å². The van der Waals surface area contributed by atoms with Crippen LogP contribution in [0.3, 0.4) is 0 Å². The van der Waals surface area contributed by atoms with Crippen LogP contribution < -0.4 is 11.3 Å². The van der Waals surface area contributed by atoms with E-state index in [1.54, 1.807) is 0 Å². The SMILES string of the molecule is CC1CCCCN1Cc1ccccc1-c1c(C#N)c(N)[nH]c(=O)c1C#N. The van der Waals surface area contributed by atoms with Crippen LogP contribution in [0.15, 0.2) is 29.1 Å². The summed E-state index contributed by atoms with van der Waals surface area (Å²) in [4.78, 5) is 17.0. The van der Waals surface area contributed by atoms with E-state index < -0.39 is 5.56 Å². The van der Waals surface area contributed by atoms with Gasteiger partial charge in [-0.05, 0) is 37.4 Å². The molecule has 132 valence electrons. The molecule has 0 bridgehead atoms. The standard InChI is InChI=1S/C20H21N5O/c1-13-6-4-5-9-25(13)12-14-7-2-3-8-15(14)18-16(10-21)19(23)24-20(26)17(18)11-22/h2-3,7-8,13H,4-6,9,12H2,1H3,(H3,23,24,26). The zero-order chi connectivity index (χ0) is 18.7. The van der Waals surface area contributed by atoms with E-state index in [1.165, 1.54) is 6.42 Å². The second-order valence-electron chi connectivity index (χ2n) is 6.69. The van der Waals surface area contributed by atoms with Gasteiger partial charge in [0.15, 0.2) is 0 Å². The minimum atomic E-state index is -0.569. The first-order valence-electron chi connectivity index (χ1n) is 8.75. The third-order valence-electron chi connectivity index (χ3n) is 5.07. The fraction of sp³-hybridized carbons (Fsp3) is 0.350. The first-order chi connectivity index (χ1) is 12.6. The van der Waals surface area contributed by atoms with Gasteiger partial charge < -0.3 is 10.7 Å². The number of benzene rings is 1. The van der Waals surface area contributed by atoms with Gasteiger partial charge in [-0.3, -0.25) is 9.69 Å². The van der Waals surface area contributed by atoms with Gasteiger partial charge in [0.25, 0.3) is 5.56 Å². The number of hydrogen-bond acceptors (Lipinski definition) is 5. The van der Waals surface area contributed by atoms with Crippen molar-refractivity contribution in [2.45, 2.75) is 38.8 Å². The number of nitrogens with two attached hydrogens (primary N) is 1. The van der Waals surface area contributed by atoms with Crippen molar-refractivity contribution in [1.29, 1.82) is 10.5 Å². The zero-order valence-electron chi connectivity index (χ0n) is 14.7. The lowest BCUT2D eigenvalue weighted by molar-refractivity contribution is 0.153. The minimum Gasteiger partial charge on any atom is -0.384 e. The van der Waals surface area contributed by atoms with Gasteiger partial charge in [0, 0.05) is 18.2 Å². The van der Waals surface area contributed by atoms with Crippen molar-refractivity contribution < 1.29 is 0 Å². The Kier molecular flexibility index (Phi) is 5.06. The number of anilines is 1. The monoisotopic (exact) mass is 347 g/mol. The molecule has 1 atom stereocenters. The summed E-state index contributed by atoms with van der Waals surface area (Å²) in [6.45, 7) is 3.94. The smallest absolute Gasteiger partial charge is 0.268 e. The summed E-state index contributed by atoms with van der Waals surface area (Å²) in [6.07, 6.45) is 3.56. The van der Waals surface area contributed by atoms with E-state index in [9.17, 15) is 15.3 Å². The van der Waals surface area contributed by atoms with E-state index in [2.05, 4.69) is 16.8 Å². The van der Waals surface area contributed by atoms with Gasteiger partial charge >= 0.3 is 0 Å². The Hall–Kier alpha value is -3.09. The van der Waals surface area contributed by atoms with Gasteiger partial charge in [-0.25, -0.2) is 0 Å². The van der Waals surface area contributed by atoms with E-state index in [0.29, 0.717) is 18.2 Å². The molecule has 1 aliphatic rings. The molecule has 1 unspecified atom stereocenters. The Morgan fingerprint density at radius 3 is 2.65 bits per heavy atom. The molecule has 0 radical (unpaired) electrons. The van der Waals surface area contributed by atoms with Crippen LogP contribution in [0.4, 0.5) is 5.82 Å². The maximum atomic E-state index is 12.2. The number of hydrogen-bond donors (Lipinski definition) is 2. The number of H-pyrrole nitrogens is 1. The lowest BCUT2D eigenvalue weighted by Crippen LogP contribution is -2.36. The Morgan fingerprint density at radius 1 is 1.23 bits per heavy atom. The van der Waals surface area contributed by atoms with E-state index in [0.717, 1.165) is 30.5 Å². The summed E-state index contributed by atoms with van der Waals surface area (Å²) in [6, 6.07) is 12.1. The van der Waals surface area contributed by atoms with Crippen molar-refractivity contribution in [3.63, 3.8) is 0 Å². The maximum Gasteiger partial charge on any atom is 0.268 e. The average Bonchev–Trinajstić information content (AvgIpc) is 2.63. The Morgan fingerprint density at radius 2 is 1.96 bits per heavy atom. The number of piperidine rings is 1. The number of aromatic nitrogens is 1. The number of nitriles is 2. The molecule has 3 rings (SSSR count). The highest BCUT2D eigenvalue weighted by molar-refractivity contribution is 5.81. The maximum absolute atomic E-state index is 12.2. The van der Waals surface area contributed by atoms with Crippen molar-refractivity contribution in [3.05, 3.63) is 51.3 Å². The lowest BCUT2D eigenvalue weighted by atomic mass is 9.92. The van der Waals surface area contributed by atoms with Gasteiger partial charge in [0.1, 0.15) is 29.1 Å². The van der Waals surface area contributed by atoms with Crippen LogP contribution >= 0.6 is 0 Å². The Bertz CT molecular complexity index is 964. The first kappa shape index (κ1) is 17.7. The van der Waals surface area contributed by atoms with E-state index in [1.807, 2.05) is 36.4 Å². The fourth-order valence-electron chi connectivity index (χ4n) is 3.63. The summed E-state index contributed by atoms with van der Waals surface area (Å²) < 4.78 is 0. The molecule has 2 heterocycles. The molecule has 6 nitrogen and oxygen atoms in total. The molecule has 0 amide bonds. The third-order valence-corrected chi connectivity index (χ3v) is 5.07. The molecule has 0 saturated carbocycles. The van der Waals surface area contributed by atoms with E-state index in [4.69, 9.17) is 5.73 Å².